The second-order valence-electron chi connectivity index (χ2n) is 7.07. The molecular formula is C17H26BrNO. The summed E-state index contributed by atoms with van der Waals surface area (Å²) in [6.45, 7) is 11.2. The summed E-state index contributed by atoms with van der Waals surface area (Å²) in [5.41, 5.74) is 1.39. The van der Waals surface area contributed by atoms with Gasteiger partial charge in [-0.2, -0.15) is 5.06 Å². The molecule has 1 aromatic carbocycles. The van der Waals surface area contributed by atoms with Gasteiger partial charge in [0.2, 0.25) is 0 Å². The highest BCUT2D eigenvalue weighted by Gasteiger charge is 2.43. The second-order valence-corrected chi connectivity index (χ2v) is 7.99. The number of benzene rings is 1. The fraction of sp³-hybridized carbons (Fsp3) is 0.647. The van der Waals surface area contributed by atoms with Gasteiger partial charge in [0.15, 0.2) is 0 Å². The maximum Gasteiger partial charge on any atom is 0.102 e. The van der Waals surface area contributed by atoms with Crippen LogP contribution in [-0.2, 0) is 4.84 Å². The van der Waals surface area contributed by atoms with Crippen molar-refractivity contribution in [2.45, 2.75) is 71.1 Å². The molecule has 1 unspecified atom stereocenters. The van der Waals surface area contributed by atoms with Gasteiger partial charge in [-0.05, 0) is 71.6 Å². The average molecular weight is 340 g/mol. The standard InChI is InChI=1S/C17H26BrNO/c1-13(14-7-9-15(18)10-8-14)20-19-16(2,3)11-6-12-17(19,4)5/h7-10,13H,6,11-12H2,1-5H3. The zero-order valence-electron chi connectivity index (χ0n) is 13.2. The van der Waals surface area contributed by atoms with E-state index in [0.29, 0.717) is 0 Å². The van der Waals surface area contributed by atoms with Crippen LogP contribution in [0.2, 0.25) is 0 Å². The molecule has 1 heterocycles. The van der Waals surface area contributed by atoms with Crippen LogP contribution in [-0.4, -0.2) is 16.1 Å². The summed E-state index contributed by atoms with van der Waals surface area (Å²) >= 11 is 3.48. The lowest BCUT2D eigenvalue weighted by Gasteiger charge is -2.52. The van der Waals surface area contributed by atoms with Crippen molar-refractivity contribution in [3.05, 3.63) is 34.3 Å². The summed E-state index contributed by atoms with van der Waals surface area (Å²) in [5.74, 6) is 0. The summed E-state index contributed by atoms with van der Waals surface area (Å²) in [6, 6.07) is 8.39. The highest BCUT2D eigenvalue weighted by atomic mass is 79.9. The van der Waals surface area contributed by atoms with E-state index in [4.69, 9.17) is 4.84 Å². The van der Waals surface area contributed by atoms with Crippen molar-refractivity contribution in [2.24, 2.45) is 0 Å². The van der Waals surface area contributed by atoms with Gasteiger partial charge in [-0.1, -0.05) is 28.1 Å². The first-order chi connectivity index (χ1) is 9.22. The Bertz CT molecular complexity index is 437. The molecule has 0 bridgehead atoms. The minimum absolute atomic E-state index is 0.0692. The number of piperidine rings is 1. The lowest BCUT2D eigenvalue weighted by Crippen LogP contribution is -2.58. The monoisotopic (exact) mass is 339 g/mol. The van der Waals surface area contributed by atoms with Crippen LogP contribution in [0.5, 0.6) is 0 Å². The van der Waals surface area contributed by atoms with Gasteiger partial charge in [-0.25, -0.2) is 0 Å². The van der Waals surface area contributed by atoms with Gasteiger partial charge in [0, 0.05) is 15.6 Å². The number of hydrogen-bond donors (Lipinski definition) is 0. The summed E-state index contributed by atoms with van der Waals surface area (Å²) < 4.78 is 1.10. The van der Waals surface area contributed by atoms with E-state index in [-0.39, 0.29) is 17.2 Å². The predicted octanol–water partition coefficient (Wildman–Crippen LogP) is 5.48. The quantitative estimate of drug-likeness (QED) is 0.722. The van der Waals surface area contributed by atoms with Crippen molar-refractivity contribution in [2.75, 3.05) is 0 Å². The normalized spacial score (nSPS) is 23.5. The number of nitrogens with zero attached hydrogens (tertiary/aromatic N) is 1. The molecule has 3 heteroatoms. The number of hydrogen-bond acceptors (Lipinski definition) is 2. The summed E-state index contributed by atoms with van der Waals surface area (Å²) in [7, 11) is 0. The summed E-state index contributed by atoms with van der Waals surface area (Å²) in [5, 5.41) is 2.23. The van der Waals surface area contributed by atoms with Crippen LogP contribution in [0, 0.1) is 0 Å². The van der Waals surface area contributed by atoms with Crippen molar-refractivity contribution in [3.8, 4) is 0 Å². The van der Waals surface area contributed by atoms with E-state index < -0.39 is 0 Å². The molecule has 0 saturated carbocycles. The van der Waals surface area contributed by atoms with E-state index in [2.05, 4.69) is 79.9 Å². The van der Waals surface area contributed by atoms with Crippen LogP contribution < -0.4 is 0 Å². The topological polar surface area (TPSA) is 12.5 Å². The highest BCUT2D eigenvalue weighted by Crippen LogP contribution is 2.40. The second kappa shape index (κ2) is 5.78. The van der Waals surface area contributed by atoms with E-state index in [0.717, 1.165) is 4.47 Å². The third kappa shape index (κ3) is 3.44. The summed E-state index contributed by atoms with van der Waals surface area (Å²) in [4.78, 5) is 6.37. The van der Waals surface area contributed by atoms with E-state index in [9.17, 15) is 0 Å². The molecule has 1 aromatic rings. The van der Waals surface area contributed by atoms with Crippen molar-refractivity contribution >= 4 is 15.9 Å². The Balaban J connectivity index is 2.16. The van der Waals surface area contributed by atoms with Crippen LogP contribution in [0.1, 0.15) is 65.5 Å². The Morgan fingerprint density at radius 2 is 1.55 bits per heavy atom. The van der Waals surface area contributed by atoms with E-state index in [1.165, 1.54) is 24.8 Å². The molecule has 2 nitrogen and oxygen atoms in total. The molecule has 0 aromatic heterocycles. The molecule has 1 aliphatic rings. The van der Waals surface area contributed by atoms with Crippen molar-refractivity contribution in [1.29, 1.82) is 0 Å². The fourth-order valence-corrected chi connectivity index (χ4v) is 3.48. The van der Waals surface area contributed by atoms with Crippen LogP contribution >= 0.6 is 15.9 Å². The van der Waals surface area contributed by atoms with Crippen molar-refractivity contribution in [3.63, 3.8) is 0 Å². The fourth-order valence-electron chi connectivity index (χ4n) is 3.21. The Morgan fingerprint density at radius 1 is 1.05 bits per heavy atom. The van der Waals surface area contributed by atoms with Gasteiger partial charge < -0.3 is 0 Å². The Morgan fingerprint density at radius 3 is 2.05 bits per heavy atom. The smallest absolute Gasteiger partial charge is 0.102 e. The Labute approximate surface area is 131 Å². The lowest BCUT2D eigenvalue weighted by atomic mass is 9.82. The van der Waals surface area contributed by atoms with Crippen LogP contribution in [0.4, 0.5) is 0 Å². The molecule has 1 saturated heterocycles. The van der Waals surface area contributed by atoms with Gasteiger partial charge >= 0.3 is 0 Å². The average Bonchev–Trinajstić information content (AvgIpc) is 2.34. The molecule has 1 atom stereocenters. The third-order valence-electron chi connectivity index (χ3n) is 4.28. The SMILES string of the molecule is CC(ON1C(C)(C)CCCC1(C)C)c1ccc(Br)cc1. The van der Waals surface area contributed by atoms with Crippen molar-refractivity contribution < 1.29 is 4.84 Å². The predicted molar refractivity (Wildman–Crippen MR) is 87.5 cm³/mol. The van der Waals surface area contributed by atoms with Crippen LogP contribution in [0.15, 0.2) is 28.7 Å². The summed E-state index contributed by atoms with van der Waals surface area (Å²) in [6.07, 6.45) is 3.71. The molecule has 0 aliphatic carbocycles. The lowest BCUT2D eigenvalue weighted by molar-refractivity contribution is -0.304. The van der Waals surface area contributed by atoms with Gasteiger partial charge in [0.05, 0.1) is 0 Å². The molecule has 0 spiro atoms. The Hall–Kier alpha value is -0.380. The first-order valence-electron chi connectivity index (χ1n) is 7.45. The molecule has 0 N–H and O–H groups in total. The number of rotatable bonds is 3. The van der Waals surface area contributed by atoms with E-state index in [1.54, 1.807) is 0 Å². The Kier molecular flexibility index (Phi) is 4.63. The molecule has 0 radical (unpaired) electrons. The molecule has 1 fully saturated rings. The third-order valence-corrected chi connectivity index (χ3v) is 4.81. The number of hydroxylamine groups is 2. The van der Waals surface area contributed by atoms with Gasteiger partial charge in [-0.15, -0.1) is 0 Å². The zero-order valence-corrected chi connectivity index (χ0v) is 14.8. The zero-order chi connectivity index (χ0) is 15.0. The van der Waals surface area contributed by atoms with Gasteiger partial charge in [0.1, 0.15) is 6.10 Å². The highest BCUT2D eigenvalue weighted by molar-refractivity contribution is 9.10. The molecule has 1 aliphatic heterocycles. The first kappa shape index (κ1) is 16.0. The maximum atomic E-state index is 6.37. The molecule has 112 valence electrons. The van der Waals surface area contributed by atoms with Gasteiger partial charge in [0.25, 0.3) is 0 Å². The molecule has 0 amide bonds. The molecular weight excluding hydrogens is 314 g/mol. The minimum atomic E-state index is 0.0692. The maximum absolute atomic E-state index is 6.37. The molecule has 20 heavy (non-hydrogen) atoms. The molecule has 2 rings (SSSR count). The van der Waals surface area contributed by atoms with Crippen LogP contribution in [0.3, 0.4) is 0 Å². The van der Waals surface area contributed by atoms with Gasteiger partial charge in [-0.3, -0.25) is 4.84 Å². The van der Waals surface area contributed by atoms with E-state index in [1.807, 2.05) is 0 Å². The first-order valence-corrected chi connectivity index (χ1v) is 8.24. The van der Waals surface area contributed by atoms with E-state index >= 15 is 0 Å². The minimum Gasteiger partial charge on any atom is -0.290 e. The largest absolute Gasteiger partial charge is 0.290 e. The van der Waals surface area contributed by atoms with Crippen molar-refractivity contribution in [1.82, 2.24) is 5.06 Å². The van der Waals surface area contributed by atoms with Crippen LogP contribution in [0.25, 0.3) is 0 Å². The number of halogens is 1.